The summed E-state index contributed by atoms with van der Waals surface area (Å²) in [6.45, 7) is 2.84. The minimum absolute atomic E-state index is 0.0373. The predicted octanol–water partition coefficient (Wildman–Crippen LogP) is 1.91. The fourth-order valence-corrected chi connectivity index (χ4v) is 3.01. The zero-order valence-corrected chi connectivity index (χ0v) is 12.1. The van der Waals surface area contributed by atoms with E-state index < -0.39 is 0 Å². The Hall–Kier alpha value is -2.30. The Morgan fingerprint density at radius 2 is 2.19 bits per heavy atom. The molecule has 5 heteroatoms. The molecule has 2 N–H and O–H groups in total. The Kier molecular flexibility index (Phi) is 3.64. The number of H-pyrrole nitrogens is 1. The maximum Gasteiger partial charge on any atom is 0.254 e. The van der Waals surface area contributed by atoms with Crippen LogP contribution in [0.25, 0.3) is 10.9 Å². The number of amides is 2. The zero-order chi connectivity index (χ0) is 14.8. The van der Waals surface area contributed by atoms with Crippen LogP contribution in [-0.4, -0.2) is 40.8 Å². The van der Waals surface area contributed by atoms with Gasteiger partial charge < -0.3 is 15.2 Å². The fourth-order valence-electron chi connectivity index (χ4n) is 3.01. The van der Waals surface area contributed by atoms with Crippen LogP contribution in [0.15, 0.2) is 30.5 Å². The highest BCUT2D eigenvalue weighted by molar-refractivity contribution is 6.06. The molecule has 3 rings (SSSR count). The van der Waals surface area contributed by atoms with Gasteiger partial charge in [0.25, 0.3) is 5.91 Å². The van der Waals surface area contributed by atoms with Gasteiger partial charge in [0.05, 0.1) is 0 Å². The molecule has 0 spiro atoms. The van der Waals surface area contributed by atoms with Crippen molar-refractivity contribution in [2.45, 2.75) is 25.8 Å². The van der Waals surface area contributed by atoms with Crippen molar-refractivity contribution in [3.63, 3.8) is 0 Å². The largest absolute Gasteiger partial charge is 0.361 e. The highest BCUT2D eigenvalue weighted by atomic mass is 16.2. The van der Waals surface area contributed by atoms with Gasteiger partial charge in [-0.25, -0.2) is 0 Å². The summed E-state index contributed by atoms with van der Waals surface area (Å²) in [6.07, 6.45) is 3.69. The first-order valence-electron chi connectivity index (χ1n) is 7.27. The normalized spacial score (nSPS) is 18.7. The van der Waals surface area contributed by atoms with Gasteiger partial charge in [-0.15, -0.1) is 0 Å². The van der Waals surface area contributed by atoms with Gasteiger partial charge in [-0.1, -0.05) is 6.07 Å². The van der Waals surface area contributed by atoms with Crippen molar-refractivity contribution in [2.75, 3.05) is 13.1 Å². The van der Waals surface area contributed by atoms with Gasteiger partial charge >= 0.3 is 0 Å². The lowest BCUT2D eigenvalue weighted by Gasteiger charge is -2.33. The molecule has 0 aliphatic carbocycles. The second-order valence-electron chi connectivity index (χ2n) is 5.54. The van der Waals surface area contributed by atoms with Crippen molar-refractivity contribution in [2.24, 2.45) is 0 Å². The third-order valence-corrected chi connectivity index (χ3v) is 3.94. The third kappa shape index (κ3) is 2.77. The van der Waals surface area contributed by atoms with Crippen LogP contribution in [0.5, 0.6) is 0 Å². The van der Waals surface area contributed by atoms with E-state index in [1.807, 2.05) is 35.4 Å². The number of nitrogens with one attached hydrogen (secondary N) is 2. The van der Waals surface area contributed by atoms with Crippen LogP contribution in [0.2, 0.25) is 0 Å². The van der Waals surface area contributed by atoms with Gasteiger partial charge in [-0.2, -0.15) is 0 Å². The van der Waals surface area contributed by atoms with E-state index in [0.29, 0.717) is 6.54 Å². The molecule has 0 radical (unpaired) electrons. The van der Waals surface area contributed by atoms with Crippen LogP contribution in [0.3, 0.4) is 0 Å². The van der Waals surface area contributed by atoms with Crippen molar-refractivity contribution in [3.05, 3.63) is 36.0 Å². The minimum Gasteiger partial charge on any atom is -0.361 e. The molecule has 21 heavy (non-hydrogen) atoms. The number of aromatic amines is 1. The third-order valence-electron chi connectivity index (χ3n) is 3.94. The van der Waals surface area contributed by atoms with Crippen molar-refractivity contribution < 1.29 is 9.59 Å². The van der Waals surface area contributed by atoms with Crippen LogP contribution in [0.4, 0.5) is 0 Å². The highest BCUT2D eigenvalue weighted by Crippen LogP contribution is 2.21. The number of carbonyl (C=O) groups is 2. The monoisotopic (exact) mass is 285 g/mol. The Bertz CT molecular complexity index is 677. The Morgan fingerprint density at radius 3 is 3.00 bits per heavy atom. The summed E-state index contributed by atoms with van der Waals surface area (Å²) < 4.78 is 0. The van der Waals surface area contributed by atoms with Crippen molar-refractivity contribution in [1.82, 2.24) is 15.2 Å². The van der Waals surface area contributed by atoms with Crippen LogP contribution < -0.4 is 5.32 Å². The van der Waals surface area contributed by atoms with E-state index >= 15 is 0 Å². The number of hydrogen-bond donors (Lipinski definition) is 2. The Morgan fingerprint density at radius 1 is 1.33 bits per heavy atom. The van der Waals surface area contributed by atoms with Crippen molar-refractivity contribution in [3.8, 4) is 0 Å². The van der Waals surface area contributed by atoms with E-state index in [0.717, 1.165) is 35.9 Å². The highest BCUT2D eigenvalue weighted by Gasteiger charge is 2.25. The molecule has 2 amide bonds. The summed E-state index contributed by atoms with van der Waals surface area (Å²) in [6, 6.07) is 7.70. The van der Waals surface area contributed by atoms with Gasteiger partial charge in [0.1, 0.15) is 0 Å². The molecular formula is C16H19N3O2. The second kappa shape index (κ2) is 5.60. The molecule has 1 aromatic heterocycles. The number of nitrogens with zero attached hydrogens (tertiary/aromatic N) is 1. The lowest BCUT2D eigenvalue weighted by Crippen LogP contribution is -2.49. The summed E-state index contributed by atoms with van der Waals surface area (Å²) in [5, 5.41) is 3.86. The maximum absolute atomic E-state index is 12.7. The quantitative estimate of drug-likeness (QED) is 0.885. The summed E-state index contributed by atoms with van der Waals surface area (Å²) in [4.78, 5) is 28.9. The number of benzene rings is 1. The lowest BCUT2D eigenvalue weighted by molar-refractivity contribution is -0.120. The topological polar surface area (TPSA) is 65.2 Å². The molecule has 2 aromatic rings. The number of aromatic nitrogens is 1. The molecule has 2 heterocycles. The second-order valence-corrected chi connectivity index (χ2v) is 5.54. The van der Waals surface area contributed by atoms with E-state index in [9.17, 15) is 9.59 Å². The average molecular weight is 285 g/mol. The van der Waals surface area contributed by atoms with Crippen LogP contribution >= 0.6 is 0 Å². The molecular weight excluding hydrogens is 266 g/mol. The van der Waals surface area contributed by atoms with Gasteiger partial charge in [0, 0.05) is 48.7 Å². The minimum atomic E-state index is -0.0398. The Balaban J connectivity index is 1.81. The maximum atomic E-state index is 12.7. The van der Waals surface area contributed by atoms with Crippen molar-refractivity contribution >= 4 is 22.7 Å². The number of rotatable bonds is 2. The molecule has 5 nitrogen and oxygen atoms in total. The molecule has 1 unspecified atom stereocenters. The molecule has 1 saturated heterocycles. The SMILES string of the molecule is CC(=O)NC1CCCN(C(=O)c2cccc3[nH]ccc23)C1. The number of fused-ring (bicyclic) bond motifs is 1. The molecule has 1 aliphatic heterocycles. The van der Waals surface area contributed by atoms with E-state index in [1.54, 1.807) is 0 Å². The fraction of sp³-hybridized carbons (Fsp3) is 0.375. The summed E-state index contributed by atoms with van der Waals surface area (Å²) in [5.41, 5.74) is 1.69. The zero-order valence-electron chi connectivity index (χ0n) is 12.1. The molecule has 1 aromatic carbocycles. The predicted molar refractivity (Wildman–Crippen MR) is 81.0 cm³/mol. The van der Waals surface area contributed by atoms with E-state index in [2.05, 4.69) is 10.3 Å². The van der Waals surface area contributed by atoms with Crippen LogP contribution in [-0.2, 0) is 4.79 Å². The smallest absolute Gasteiger partial charge is 0.254 e. The van der Waals surface area contributed by atoms with Gasteiger partial charge in [0.15, 0.2) is 0 Å². The van der Waals surface area contributed by atoms with Gasteiger partial charge in [-0.3, -0.25) is 9.59 Å². The van der Waals surface area contributed by atoms with Gasteiger partial charge in [0.2, 0.25) is 5.91 Å². The Labute approximate surface area is 123 Å². The van der Waals surface area contributed by atoms with Crippen molar-refractivity contribution in [1.29, 1.82) is 0 Å². The standard InChI is InChI=1S/C16H19N3O2/c1-11(20)18-12-4-3-9-19(10-12)16(21)14-5-2-6-15-13(14)7-8-17-15/h2,5-8,12,17H,3-4,9-10H2,1H3,(H,18,20). The number of carbonyl (C=O) groups excluding carboxylic acids is 2. The number of piperidine rings is 1. The van der Waals surface area contributed by atoms with Gasteiger partial charge in [-0.05, 0) is 31.0 Å². The first-order chi connectivity index (χ1) is 10.1. The first-order valence-corrected chi connectivity index (χ1v) is 7.27. The number of hydrogen-bond acceptors (Lipinski definition) is 2. The molecule has 110 valence electrons. The first kappa shape index (κ1) is 13.7. The van der Waals surface area contributed by atoms with E-state index in [-0.39, 0.29) is 17.9 Å². The number of likely N-dealkylation sites (tertiary alicyclic amines) is 1. The molecule has 1 aliphatic rings. The molecule has 0 saturated carbocycles. The summed E-state index contributed by atoms with van der Waals surface area (Å²) >= 11 is 0. The lowest BCUT2D eigenvalue weighted by atomic mass is 10.0. The summed E-state index contributed by atoms with van der Waals surface area (Å²) in [5.74, 6) is -0.00251. The van der Waals surface area contributed by atoms with E-state index in [1.165, 1.54) is 6.92 Å². The van der Waals surface area contributed by atoms with E-state index in [4.69, 9.17) is 0 Å². The van der Waals surface area contributed by atoms with Crippen LogP contribution in [0, 0.1) is 0 Å². The molecule has 1 fully saturated rings. The molecule has 1 atom stereocenters. The van der Waals surface area contributed by atoms with Crippen LogP contribution in [0.1, 0.15) is 30.1 Å². The molecule has 0 bridgehead atoms. The summed E-state index contributed by atoms with van der Waals surface area (Å²) in [7, 11) is 0. The average Bonchev–Trinajstić information content (AvgIpc) is 2.94.